The van der Waals surface area contributed by atoms with E-state index < -0.39 is 10.0 Å². The largest absolute Gasteiger partial charge is 0.378 e. The van der Waals surface area contributed by atoms with Crippen LogP contribution >= 0.6 is 0 Å². The van der Waals surface area contributed by atoms with Gasteiger partial charge in [0.2, 0.25) is 0 Å². The van der Waals surface area contributed by atoms with Crippen molar-refractivity contribution in [2.75, 3.05) is 42.7 Å². The molecule has 3 aromatic rings. The molecule has 0 atom stereocenters. The van der Waals surface area contributed by atoms with Gasteiger partial charge in [-0.25, -0.2) is 8.42 Å². The van der Waals surface area contributed by atoms with Gasteiger partial charge in [-0.2, -0.15) is 0 Å². The van der Waals surface area contributed by atoms with Crippen LogP contribution in [0.2, 0.25) is 0 Å². The molecule has 0 aliphatic rings. The number of benzene rings is 3. The minimum absolute atomic E-state index is 0.274. The van der Waals surface area contributed by atoms with Crippen molar-refractivity contribution in [2.45, 2.75) is 4.90 Å². The maximum absolute atomic E-state index is 13.0. The summed E-state index contributed by atoms with van der Waals surface area (Å²) in [5.74, 6) is 0. The average Bonchev–Trinajstić information content (AvgIpc) is 2.60. The number of nitrogens with one attached hydrogen (secondary N) is 1. The molecular formula is C20H23N3O2S. The molecule has 0 heterocycles. The predicted octanol–water partition coefficient (Wildman–Crippen LogP) is 3.77. The van der Waals surface area contributed by atoms with E-state index in [1.165, 1.54) is 0 Å². The maximum atomic E-state index is 13.0. The number of anilines is 3. The number of hydrogen-bond donors (Lipinski definition) is 1. The Morgan fingerprint density at radius 3 is 1.96 bits per heavy atom. The van der Waals surface area contributed by atoms with E-state index in [0.717, 1.165) is 16.8 Å². The van der Waals surface area contributed by atoms with Gasteiger partial charge in [0.15, 0.2) is 0 Å². The Kier molecular flexibility index (Phi) is 4.78. The number of sulfonamides is 1. The number of fused-ring (bicyclic) bond motifs is 1. The van der Waals surface area contributed by atoms with Gasteiger partial charge in [-0.05, 0) is 36.4 Å². The molecular weight excluding hydrogens is 346 g/mol. The molecule has 0 aliphatic carbocycles. The lowest BCUT2D eigenvalue weighted by Crippen LogP contribution is -2.14. The SMILES string of the molecule is CN(C)c1ccc(NS(=O)(=O)c2cccc3c(N(C)C)cccc23)cc1. The fourth-order valence-corrected chi connectivity index (χ4v) is 4.21. The Balaban J connectivity index is 2.03. The molecule has 1 N–H and O–H groups in total. The van der Waals surface area contributed by atoms with Gasteiger partial charge in [-0.3, -0.25) is 4.72 Å². The summed E-state index contributed by atoms with van der Waals surface area (Å²) in [6.45, 7) is 0. The molecule has 0 aliphatic heterocycles. The van der Waals surface area contributed by atoms with Crippen molar-refractivity contribution < 1.29 is 8.42 Å². The Labute approximate surface area is 154 Å². The molecule has 0 saturated heterocycles. The van der Waals surface area contributed by atoms with Crippen LogP contribution in [0.1, 0.15) is 0 Å². The Hall–Kier alpha value is -2.73. The second-order valence-electron chi connectivity index (χ2n) is 6.57. The van der Waals surface area contributed by atoms with Crippen LogP contribution in [0.25, 0.3) is 10.8 Å². The smallest absolute Gasteiger partial charge is 0.262 e. The molecule has 5 nitrogen and oxygen atoms in total. The highest BCUT2D eigenvalue weighted by Crippen LogP contribution is 2.31. The van der Waals surface area contributed by atoms with Crippen LogP contribution in [0.3, 0.4) is 0 Å². The normalized spacial score (nSPS) is 11.4. The molecule has 0 bridgehead atoms. The van der Waals surface area contributed by atoms with E-state index in [4.69, 9.17) is 0 Å². The standard InChI is InChI=1S/C20H23N3O2S/c1-22(2)16-13-11-15(12-14-16)21-26(24,25)20-10-6-7-17-18(20)8-5-9-19(17)23(3)4/h5-14,21H,1-4H3. The third kappa shape index (κ3) is 3.46. The third-order valence-electron chi connectivity index (χ3n) is 4.27. The molecule has 26 heavy (non-hydrogen) atoms. The number of nitrogens with zero attached hydrogens (tertiary/aromatic N) is 2. The molecule has 0 spiro atoms. The van der Waals surface area contributed by atoms with Crippen LogP contribution < -0.4 is 14.5 Å². The van der Waals surface area contributed by atoms with Crippen molar-refractivity contribution >= 4 is 37.9 Å². The minimum Gasteiger partial charge on any atom is -0.378 e. The summed E-state index contributed by atoms with van der Waals surface area (Å²) in [6, 6.07) is 18.3. The summed E-state index contributed by atoms with van der Waals surface area (Å²) < 4.78 is 28.6. The molecule has 6 heteroatoms. The van der Waals surface area contributed by atoms with Gasteiger partial charge in [0.25, 0.3) is 10.0 Å². The van der Waals surface area contributed by atoms with E-state index in [2.05, 4.69) is 4.72 Å². The first-order valence-corrected chi connectivity index (χ1v) is 9.77. The summed E-state index contributed by atoms with van der Waals surface area (Å²) >= 11 is 0. The van der Waals surface area contributed by atoms with Crippen molar-refractivity contribution in [3.63, 3.8) is 0 Å². The van der Waals surface area contributed by atoms with Crippen molar-refractivity contribution in [1.29, 1.82) is 0 Å². The van der Waals surface area contributed by atoms with E-state index in [1.807, 2.05) is 74.4 Å². The zero-order chi connectivity index (χ0) is 18.9. The Bertz CT molecular complexity index is 1030. The number of rotatable bonds is 5. The highest BCUT2D eigenvalue weighted by Gasteiger charge is 2.18. The zero-order valence-corrected chi connectivity index (χ0v) is 16.2. The van der Waals surface area contributed by atoms with Crippen molar-refractivity contribution in [3.05, 3.63) is 60.7 Å². The molecule has 0 amide bonds. The van der Waals surface area contributed by atoms with Crippen molar-refractivity contribution in [1.82, 2.24) is 0 Å². The first-order valence-electron chi connectivity index (χ1n) is 8.29. The molecule has 0 radical (unpaired) electrons. The van der Waals surface area contributed by atoms with Crippen LogP contribution in [0.15, 0.2) is 65.6 Å². The lowest BCUT2D eigenvalue weighted by molar-refractivity contribution is 0.602. The topological polar surface area (TPSA) is 52.7 Å². The second-order valence-corrected chi connectivity index (χ2v) is 8.22. The lowest BCUT2D eigenvalue weighted by Gasteiger charge is -2.17. The van der Waals surface area contributed by atoms with E-state index >= 15 is 0 Å². The molecule has 136 valence electrons. The first kappa shape index (κ1) is 18.1. The van der Waals surface area contributed by atoms with E-state index in [0.29, 0.717) is 11.1 Å². The van der Waals surface area contributed by atoms with Crippen LogP contribution in [-0.2, 0) is 10.0 Å². The Morgan fingerprint density at radius 2 is 1.35 bits per heavy atom. The molecule has 0 aromatic heterocycles. The molecule has 0 unspecified atom stereocenters. The molecule has 0 fully saturated rings. The van der Waals surface area contributed by atoms with Gasteiger partial charge in [0, 0.05) is 56.0 Å². The van der Waals surface area contributed by atoms with E-state index in [9.17, 15) is 8.42 Å². The Morgan fingerprint density at radius 1 is 0.731 bits per heavy atom. The third-order valence-corrected chi connectivity index (χ3v) is 5.71. The van der Waals surface area contributed by atoms with Crippen LogP contribution in [-0.4, -0.2) is 36.6 Å². The highest BCUT2D eigenvalue weighted by molar-refractivity contribution is 7.93. The molecule has 3 rings (SSSR count). The monoisotopic (exact) mass is 369 g/mol. The summed E-state index contributed by atoms with van der Waals surface area (Å²) in [7, 11) is 4.08. The first-order chi connectivity index (χ1) is 12.3. The fraction of sp³-hybridized carbons (Fsp3) is 0.200. The number of hydrogen-bond acceptors (Lipinski definition) is 4. The summed E-state index contributed by atoms with van der Waals surface area (Å²) in [5, 5.41) is 1.61. The fourth-order valence-electron chi connectivity index (χ4n) is 2.93. The van der Waals surface area contributed by atoms with Crippen molar-refractivity contribution in [2.24, 2.45) is 0 Å². The zero-order valence-electron chi connectivity index (χ0n) is 15.4. The van der Waals surface area contributed by atoms with Crippen LogP contribution in [0.4, 0.5) is 17.1 Å². The van der Waals surface area contributed by atoms with Gasteiger partial charge in [0.1, 0.15) is 0 Å². The van der Waals surface area contributed by atoms with Crippen molar-refractivity contribution in [3.8, 4) is 0 Å². The van der Waals surface area contributed by atoms with Gasteiger partial charge in [-0.1, -0.05) is 24.3 Å². The summed E-state index contributed by atoms with van der Waals surface area (Å²) in [5.41, 5.74) is 2.53. The lowest BCUT2D eigenvalue weighted by atomic mass is 10.1. The maximum Gasteiger partial charge on any atom is 0.262 e. The van der Waals surface area contributed by atoms with Gasteiger partial charge < -0.3 is 9.80 Å². The molecule has 0 saturated carbocycles. The quantitative estimate of drug-likeness (QED) is 0.744. The van der Waals surface area contributed by atoms with Gasteiger partial charge >= 0.3 is 0 Å². The van der Waals surface area contributed by atoms with Crippen LogP contribution in [0, 0.1) is 0 Å². The van der Waals surface area contributed by atoms with E-state index in [-0.39, 0.29) is 4.90 Å². The summed E-state index contributed by atoms with van der Waals surface area (Å²) in [4.78, 5) is 4.22. The minimum atomic E-state index is -3.70. The average molecular weight is 369 g/mol. The second kappa shape index (κ2) is 6.88. The predicted molar refractivity (Wildman–Crippen MR) is 110 cm³/mol. The van der Waals surface area contributed by atoms with Crippen LogP contribution in [0.5, 0.6) is 0 Å². The van der Waals surface area contributed by atoms with Gasteiger partial charge in [-0.15, -0.1) is 0 Å². The summed E-state index contributed by atoms with van der Waals surface area (Å²) in [6.07, 6.45) is 0. The molecule has 3 aromatic carbocycles. The van der Waals surface area contributed by atoms with Gasteiger partial charge in [0.05, 0.1) is 4.90 Å². The van der Waals surface area contributed by atoms with E-state index in [1.54, 1.807) is 24.3 Å². The highest BCUT2D eigenvalue weighted by atomic mass is 32.2.